The molecule has 0 aliphatic carbocycles. The average molecular weight is 227 g/mol. The quantitative estimate of drug-likeness (QED) is 0.827. The molecule has 16 heavy (non-hydrogen) atoms. The third kappa shape index (κ3) is 3.18. The van der Waals surface area contributed by atoms with Gasteiger partial charge in [0.2, 0.25) is 0 Å². The van der Waals surface area contributed by atoms with Crippen molar-refractivity contribution in [1.29, 1.82) is 0 Å². The van der Waals surface area contributed by atoms with E-state index in [4.69, 9.17) is 10.5 Å². The summed E-state index contributed by atoms with van der Waals surface area (Å²) in [5.41, 5.74) is 6.35. The highest BCUT2D eigenvalue weighted by atomic mass is 19.1. The van der Waals surface area contributed by atoms with Crippen LogP contribution in [0.2, 0.25) is 0 Å². The van der Waals surface area contributed by atoms with Gasteiger partial charge in [-0.3, -0.25) is 0 Å². The van der Waals surface area contributed by atoms with Crippen molar-refractivity contribution in [2.75, 3.05) is 0 Å². The van der Waals surface area contributed by atoms with E-state index in [1.165, 1.54) is 12.1 Å². The molecule has 0 aromatic heterocycles. The number of hydrogen-bond donors (Lipinski definition) is 2. The molecule has 0 heterocycles. The fourth-order valence-electron chi connectivity index (χ4n) is 1.19. The highest BCUT2D eigenvalue weighted by molar-refractivity contribution is 5.30. The zero-order chi connectivity index (χ0) is 12.3. The third-order valence-electron chi connectivity index (χ3n) is 2.47. The number of ether oxygens (including phenoxy) is 1. The van der Waals surface area contributed by atoms with Crippen molar-refractivity contribution < 1.29 is 14.2 Å². The van der Waals surface area contributed by atoms with E-state index in [2.05, 4.69) is 0 Å². The van der Waals surface area contributed by atoms with E-state index in [9.17, 15) is 9.50 Å². The predicted octanol–water partition coefficient (Wildman–Crippen LogP) is 1.99. The van der Waals surface area contributed by atoms with Gasteiger partial charge in [-0.1, -0.05) is 6.07 Å². The van der Waals surface area contributed by atoms with E-state index in [0.29, 0.717) is 0 Å². The van der Waals surface area contributed by atoms with E-state index in [1.54, 1.807) is 26.8 Å². The SMILES string of the molecule is CC(O)C(C)Oc1ccc([C@H](C)N)cc1F. The molecule has 0 aliphatic heterocycles. The molecule has 90 valence electrons. The molecular formula is C12H18FNO2. The van der Waals surface area contributed by atoms with Crippen molar-refractivity contribution in [2.24, 2.45) is 5.73 Å². The van der Waals surface area contributed by atoms with Crippen LogP contribution in [0.25, 0.3) is 0 Å². The van der Waals surface area contributed by atoms with E-state index >= 15 is 0 Å². The Labute approximate surface area is 95.0 Å². The van der Waals surface area contributed by atoms with Gasteiger partial charge < -0.3 is 15.6 Å². The van der Waals surface area contributed by atoms with Crippen LogP contribution < -0.4 is 10.5 Å². The van der Waals surface area contributed by atoms with Crippen LogP contribution in [0.5, 0.6) is 5.75 Å². The number of rotatable bonds is 4. The van der Waals surface area contributed by atoms with Crippen molar-refractivity contribution in [2.45, 2.75) is 39.0 Å². The zero-order valence-electron chi connectivity index (χ0n) is 9.77. The number of hydrogen-bond acceptors (Lipinski definition) is 3. The molecule has 0 fully saturated rings. The Bertz CT molecular complexity index is 353. The van der Waals surface area contributed by atoms with Gasteiger partial charge in [-0.2, -0.15) is 0 Å². The molecule has 0 bridgehead atoms. The molecule has 0 saturated heterocycles. The maximum absolute atomic E-state index is 13.6. The van der Waals surface area contributed by atoms with Gasteiger partial charge in [0, 0.05) is 6.04 Å². The molecule has 0 aliphatic rings. The molecule has 3 N–H and O–H groups in total. The van der Waals surface area contributed by atoms with E-state index in [1.807, 2.05) is 0 Å². The maximum atomic E-state index is 13.6. The van der Waals surface area contributed by atoms with Crippen molar-refractivity contribution in [1.82, 2.24) is 0 Å². The first kappa shape index (κ1) is 12.9. The van der Waals surface area contributed by atoms with E-state index in [0.717, 1.165) is 5.56 Å². The zero-order valence-corrected chi connectivity index (χ0v) is 9.77. The van der Waals surface area contributed by atoms with Crippen molar-refractivity contribution in [3.8, 4) is 5.75 Å². The summed E-state index contributed by atoms with van der Waals surface area (Å²) in [6.45, 7) is 5.07. The summed E-state index contributed by atoms with van der Waals surface area (Å²) in [5, 5.41) is 9.25. The summed E-state index contributed by atoms with van der Waals surface area (Å²) in [5.74, 6) is -0.319. The Morgan fingerprint density at radius 3 is 2.38 bits per heavy atom. The monoisotopic (exact) mass is 227 g/mol. The van der Waals surface area contributed by atoms with Crippen molar-refractivity contribution in [3.05, 3.63) is 29.6 Å². The minimum Gasteiger partial charge on any atom is -0.485 e. The molecule has 0 radical (unpaired) electrons. The Kier molecular flexibility index (Phi) is 4.26. The lowest BCUT2D eigenvalue weighted by Gasteiger charge is -2.18. The molecule has 4 heteroatoms. The third-order valence-corrected chi connectivity index (χ3v) is 2.47. The smallest absolute Gasteiger partial charge is 0.165 e. The van der Waals surface area contributed by atoms with Gasteiger partial charge >= 0.3 is 0 Å². The Hall–Kier alpha value is -1.13. The Morgan fingerprint density at radius 2 is 1.94 bits per heavy atom. The molecule has 0 spiro atoms. The molecule has 1 aromatic carbocycles. The van der Waals surface area contributed by atoms with Crippen LogP contribution in [0.1, 0.15) is 32.4 Å². The number of benzene rings is 1. The van der Waals surface area contributed by atoms with Crippen molar-refractivity contribution in [3.63, 3.8) is 0 Å². The Morgan fingerprint density at radius 1 is 1.31 bits per heavy atom. The first-order valence-electron chi connectivity index (χ1n) is 5.31. The molecule has 1 rings (SSSR count). The fraction of sp³-hybridized carbons (Fsp3) is 0.500. The number of aliphatic hydroxyl groups excluding tert-OH is 1. The summed E-state index contributed by atoms with van der Waals surface area (Å²) in [6, 6.07) is 4.40. The van der Waals surface area contributed by atoms with Crippen LogP contribution in [-0.4, -0.2) is 17.3 Å². The first-order chi connectivity index (χ1) is 7.41. The molecule has 2 unspecified atom stereocenters. The summed E-state index contributed by atoms with van der Waals surface area (Å²) >= 11 is 0. The van der Waals surface area contributed by atoms with Crippen LogP contribution in [0, 0.1) is 5.82 Å². The average Bonchev–Trinajstić information content (AvgIpc) is 2.20. The minimum atomic E-state index is -0.646. The largest absolute Gasteiger partial charge is 0.485 e. The van der Waals surface area contributed by atoms with Gasteiger partial charge in [-0.15, -0.1) is 0 Å². The van der Waals surface area contributed by atoms with E-state index < -0.39 is 18.0 Å². The lowest BCUT2D eigenvalue weighted by molar-refractivity contribution is 0.0579. The lowest BCUT2D eigenvalue weighted by Crippen LogP contribution is -2.26. The highest BCUT2D eigenvalue weighted by Crippen LogP contribution is 2.22. The van der Waals surface area contributed by atoms with Crippen LogP contribution in [0.15, 0.2) is 18.2 Å². The first-order valence-corrected chi connectivity index (χ1v) is 5.31. The van der Waals surface area contributed by atoms with Gasteiger partial charge in [0.25, 0.3) is 0 Å². The number of nitrogens with two attached hydrogens (primary N) is 1. The Balaban J connectivity index is 2.83. The normalized spacial score (nSPS) is 16.6. The lowest BCUT2D eigenvalue weighted by atomic mass is 10.1. The fourth-order valence-corrected chi connectivity index (χ4v) is 1.19. The second kappa shape index (κ2) is 5.27. The van der Waals surface area contributed by atoms with E-state index in [-0.39, 0.29) is 11.8 Å². The minimum absolute atomic E-state index is 0.137. The molecule has 1 aromatic rings. The maximum Gasteiger partial charge on any atom is 0.165 e. The second-order valence-corrected chi connectivity index (χ2v) is 4.04. The van der Waals surface area contributed by atoms with Crippen LogP contribution >= 0.6 is 0 Å². The standard InChI is InChI=1S/C12H18FNO2/c1-7(14)10-4-5-12(11(13)6-10)16-9(3)8(2)15/h4-9,15H,14H2,1-3H3/t7-,8?,9?/m0/s1. The second-order valence-electron chi connectivity index (χ2n) is 4.04. The highest BCUT2D eigenvalue weighted by Gasteiger charge is 2.14. The van der Waals surface area contributed by atoms with Gasteiger partial charge in [0.15, 0.2) is 11.6 Å². The topological polar surface area (TPSA) is 55.5 Å². The van der Waals surface area contributed by atoms with Gasteiger partial charge in [-0.25, -0.2) is 4.39 Å². The predicted molar refractivity (Wildman–Crippen MR) is 60.8 cm³/mol. The number of aliphatic hydroxyl groups is 1. The number of halogens is 1. The molecule has 0 amide bonds. The summed E-state index contributed by atoms with van der Waals surface area (Å²) < 4.78 is 18.8. The van der Waals surface area contributed by atoms with Gasteiger partial charge in [-0.05, 0) is 38.5 Å². The van der Waals surface area contributed by atoms with Crippen LogP contribution in [0.3, 0.4) is 0 Å². The van der Waals surface area contributed by atoms with Gasteiger partial charge in [0.05, 0.1) is 6.10 Å². The summed E-state index contributed by atoms with van der Waals surface area (Å²) in [6.07, 6.45) is -1.09. The molecular weight excluding hydrogens is 209 g/mol. The summed E-state index contributed by atoms with van der Waals surface area (Å²) in [4.78, 5) is 0. The van der Waals surface area contributed by atoms with Crippen LogP contribution in [-0.2, 0) is 0 Å². The van der Waals surface area contributed by atoms with Gasteiger partial charge in [0.1, 0.15) is 6.10 Å². The van der Waals surface area contributed by atoms with Crippen molar-refractivity contribution >= 4 is 0 Å². The molecule has 3 nitrogen and oxygen atoms in total. The molecule has 3 atom stereocenters. The molecule has 0 saturated carbocycles. The summed E-state index contributed by atoms with van der Waals surface area (Å²) in [7, 11) is 0. The van der Waals surface area contributed by atoms with Crippen LogP contribution in [0.4, 0.5) is 4.39 Å².